The highest BCUT2D eigenvalue weighted by molar-refractivity contribution is 7.80. The van der Waals surface area contributed by atoms with Gasteiger partial charge in [0.1, 0.15) is 11.7 Å². The number of nitrogens with one attached hydrogen (secondary N) is 2. The fourth-order valence-electron chi connectivity index (χ4n) is 3.61. The minimum absolute atomic E-state index is 0.0664. The van der Waals surface area contributed by atoms with E-state index >= 15 is 0 Å². The molecule has 0 aliphatic carbocycles. The van der Waals surface area contributed by atoms with Gasteiger partial charge in [0.05, 0.1) is 13.0 Å². The monoisotopic (exact) mass is 554 g/mol. The number of carbonyl (C=O) groups excluding carboxylic acids is 2. The highest BCUT2D eigenvalue weighted by Crippen LogP contribution is 2.31. The Morgan fingerprint density at radius 1 is 0.892 bits per heavy atom. The average Bonchev–Trinajstić information content (AvgIpc) is 3.09. The predicted molar refractivity (Wildman–Crippen MR) is 130 cm³/mol. The second-order valence-corrected chi connectivity index (χ2v) is 8.70. The maximum absolute atomic E-state index is 14.4. The van der Waals surface area contributed by atoms with Gasteiger partial charge in [0, 0.05) is 10.7 Å². The quantitative estimate of drug-likeness (QED) is 0.177. The summed E-state index contributed by atoms with van der Waals surface area (Å²) in [6.07, 6.45) is -0.574. The zero-order valence-corrected chi connectivity index (χ0v) is 20.1. The Kier molecular flexibility index (Phi) is 7.60. The van der Waals surface area contributed by atoms with Crippen LogP contribution in [0, 0.1) is 29.1 Å². The van der Waals surface area contributed by atoms with E-state index in [-0.39, 0.29) is 11.7 Å². The number of hydrazine groups is 1. The summed E-state index contributed by atoms with van der Waals surface area (Å²) in [6, 6.07) is 13.1. The highest BCUT2D eigenvalue weighted by atomic mass is 35.5. The lowest BCUT2D eigenvalue weighted by Gasteiger charge is -2.26. The summed E-state index contributed by atoms with van der Waals surface area (Å²) in [6.45, 7) is -0.0664. The van der Waals surface area contributed by atoms with Gasteiger partial charge in [-0.2, -0.15) is 0 Å². The van der Waals surface area contributed by atoms with Gasteiger partial charge in [0.15, 0.2) is 28.4 Å². The van der Waals surface area contributed by atoms with Gasteiger partial charge in [-0.15, -0.1) is 0 Å². The average molecular weight is 555 g/mol. The van der Waals surface area contributed by atoms with E-state index in [0.29, 0.717) is 16.3 Å². The molecule has 1 aliphatic rings. The third-order valence-corrected chi connectivity index (χ3v) is 6.10. The largest absolute Gasteiger partial charge is 0.326 e. The van der Waals surface area contributed by atoms with Gasteiger partial charge < -0.3 is 5.32 Å². The lowest BCUT2D eigenvalue weighted by Crippen LogP contribution is -2.42. The van der Waals surface area contributed by atoms with Gasteiger partial charge in [0.25, 0.3) is 5.91 Å². The first-order valence-electron chi connectivity index (χ1n) is 10.6. The smallest absolute Gasteiger partial charge is 0.254 e. The Labute approximate surface area is 217 Å². The van der Waals surface area contributed by atoms with E-state index in [2.05, 4.69) is 5.32 Å². The Morgan fingerprint density at radius 3 is 2.05 bits per heavy atom. The zero-order chi connectivity index (χ0) is 26.9. The molecule has 0 saturated carbocycles. The first-order valence-corrected chi connectivity index (χ1v) is 11.4. The molecule has 4 rings (SSSR count). The molecule has 0 radical (unpaired) electrons. The van der Waals surface area contributed by atoms with Crippen molar-refractivity contribution in [3.63, 3.8) is 0 Å². The molecule has 0 bridgehead atoms. The van der Waals surface area contributed by atoms with Crippen LogP contribution in [0.1, 0.15) is 12.0 Å². The van der Waals surface area contributed by atoms with Crippen molar-refractivity contribution >= 4 is 52.1 Å². The standard InChI is InChI=1S/C24H16ClF5N4O2S/c25-13-6-8-14(9-7-13)31-16(35)10-15-23(36)33(11-12-4-2-1-3-5-12)24(37)34(15)32-22-20(29)18(27)17(26)19(28)21(22)30/h1-9,15,32H,10-11H2,(H,31,35). The second-order valence-electron chi connectivity index (χ2n) is 7.89. The first kappa shape index (κ1) is 26.3. The van der Waals surface area contributed by atoms with Crippen LogP contribution in [0.5, 0.6) is 0 Å². The third-order valence-electron chi connectivity index (χ3n) is 5.43. The number of rotatable bonds is 7. The summed E-state index contributed by atoms with van der Waals surface area (Å²) >= 11 is 11.1. The molecule has 37 heavy (non-hydrogen) atoms. The van der Waals surface area contributed by atoms with Crippen molar-refractivity contribution in [2.45, 2.75) is 19.0 Å². The molecular weight excluding hydrogens is 539 g/mol. The molecule has 1 saturated heterocycles. The maximum Gasteiger partial charge on any atom is 0.254 e. The summed E-state index contributed by atoms with van der Waals surface area (Å²) in [4.78, 5) is 27.1. The van der Waals surface area contributed by atoms with Crippen LogP contribution in [0.25, 0.3) is 0 Å². The van der Waals surface area contributed by atoms with E-state index < -0.39 is 59.1 Å². The number of carbonyl (C=O) groups is 2. The van der Waals surface area contributed by atoms with Crippen molar-refractivity contribution in [1.29, 1.82) is 0 Å². The molecule has 2 amide bonds. The molecule has 192 valence electrons. The van der Waals surface area contributed by atoms with Crippen LogP contribution in [-0.4, -0.2) is 32.9 Å². The van der Waals surface area contributed by atoms with E-state index in [0.717, 1.165) is 9.91 Å². The fourth-order valence-corrected chi connectivity index (χ4v) is 4.06. The first-order chi connectivity index (χ1) is 17.6. The Bertz CT molecular complexity index is 1350. The molecule has 1 aliphatic heterocycles. The van der Waals surface area contributed by atoms with Crippen molar-refractivity contribution in [3.8, 4) is 0 Å². The number of thiocarbonyl (C=S) groups is 1. The van der Waals surface area contributed by atoms with E-state index in [9.17, 15) is 31.5 Å². The molecule has 1 atom stereocenters. The van der Waals surface area contributed by atoms with Crippen LogP contribution in [0.2, 0.25) is 5.02 Å². The van der Waals surface area contributed by atoms with E-state index in [1.165, 1.54) is 24.3 Å². The number of hydrogen-bond acceptors (Lipinski definition) is 4. The number of benzene rings is 3. The zero-order valence-electron chi connectivity index (χ0n) is 18.6. The van der Waals surface area contributed by atoms with Crippen molar-refractivity contribution in [1.82, 2.24) is 9.91 Å². The van der Waals surface area contributed by atoms with Crippen LogP contribution < -0.4 is 10.7 Å². The molecule has 0 spiro atoms. The molecule has 13 heteroatoms. The predicted octanol–water partition coefficient (Wildman–Crippen LogP) is 5.39. The molecule has 6 nitrogen and oxygen atoms in total. The Hall–Kier alpha value is -3.77. The van der Waals surface area contributed by atoms with Gasteiger partial charge in [-0.25, -0.2) is 27.0 Å². The lowest BCUT2D eigenvalue weighted by atomic mass is 10.1. The van der Waals surface area contributed by atoms with Crippen molar-refractivity contribution in [3.05, 3.63) is 94.3 Å². The molecule has 1 heterocycles. The molecule has 0 aromatic heterocycles. The number of halogens is 6. The van der Waals surface area contributed by atoms with Crippen LogP contribution >= 0.6 is 23.8 Å². The summed E-state index contributed by atoms with van der Waals surface area (Å²) in [5, 5.41) is 3.37. The highest BCUT2D eigenvalue weighted by Gasteiger charge is 2.45. The number of anilines is 2. The Balaban J connectivity index is 1.65. The maximum atomic E-state index is 14.4. The minimum atomic E-state index is -2.34. The molecular formula is C24H16ClF5N4O2S. The van der Waals surface area contributed by atoms with E-state index in [4.69, 9.17) is 23.8 Å². The van der Waals surface area contributed by atoms with Crippen LogP contribution in [0.15, 0.2) is 54.6 Å². The summed E-state index contributed by atoms with van der Waals surface area (Å²) in [5.41, 5.74) is 1.61. The number of nitrogens with zero attached hydrogens (tertiary/aromatic N) is 2. The molecule has 3 aromatic rings. The minimum Gasteiger partial charge on any atom is -0.326 e. The van der Waals surface area contributed by atoms with Crippen LogP contribution in [0.4, 0.5) is 33.3 Å². The number of amides is 2. The van der Waals surface area contributed by atoms with Crippen LogP contribution in [0.3, 0.4) is 0 Å². The van der Waals surface area contributed by atoms with Gasteiger partial charge in [0.2, 0.25) is 11.7 Å². The SMILES string of the molecule is O=C(CC1C(=O)N(Cc2ccccc2)C(=S)N1Nc1c(F)c(F)c(F)c(F)c1F)Nc1ccc(Cl)cc1. The topological polar surface area (TPSA) is 64.7 Å². The normalized spacial score (nSPS) is 15.4. The lowest BCUT2D eigenvalue weighted by molar-refractivity contribution is -0.130. The summed E-state index contributed by atoms with van der Waals surface area (Å²) in [7, 11) is 0. The molecule has 3 aromatic carbocycles. The molecule has 1 fully saturated rings. The van der Waals surface area contributed by atoms with Crippen LogP contribution in [-0.2, 0) is 16.1 Å². The fraction of sp³-hybridized carbons (Fsp3) is 0.125. The van der Waals surface area contributed by atoms with Gasteiger partial charge in [-0.3, -0.25) is 19.9 Å². The second kappa shape index (κ2) is 10.7. The van der Waals surface area contributed by atoms with Gasteiger partial charge in [-0.1, -0.05) is 41.9 Å². The van der Waals surface area contributed by atoms with E-state index in [1.54, 1.807) is 30.3 Å². The van der Waals surface area contributed by atoms with Gasteiger partial charge in [-0.05, 0) is 42.0 Å². The van der Waals surface area contributed by atoms with E-state index in [1.807, 2.05) is 5.43 Å². The summed E-state index contributed by atoms with van der Waals surface area (Å²) < 4.78 is 69.9. The van der Waals surface area contributed by atoms with Crippen molar-refractivity contribution < 1.29 is 31.5 Å². The molecule has 2 N–H and O–H groups in total. The number of hydrogen-bond donors (Lipinski definition) is 2. The van der Waals surface area contributed by atoms with Crippen molar-refractivity contribution in [2.24, 2.45) is 0 Å². The Morgan fingerprint density at radius 2 is 1.46 bits per heavy atom. The third kappa shape index (κ3) is 5.35. The van der Waals surface area contributed by atoms with Gasteiger partial charge >= 0.3 is 0 Å². The van der Waals surface area contributed by atoms with Crippen molar-refractivity contribution in [2.75, 3.05) is 10.7 Å². The molecule has 1 unspecified atom stereocenters. The summed E-state index contributed by atoms with van der Waals surface area (Å²) in [5.74, 6) is -12.4.